The second-order valence-electron chi connectivity index (χ2n) is 5.94. The molecule has 2 aromatic rings. The molecule has 26 heavy (non-hydrogen) atoms. The van der Waals surface area contributed by atoms with E-state index in [4.69, 9.17) is 22.1 Å². The van der Waals surface area contributed by atoms with E-state index in [0.29, 0.717) is 16.3 Å². The molecule has 0 saturated carbocycles. The summed E-state index contributed by atoms with van der Waals surface area (Å²) < 4.78 is 6.16. The number of methoxy groups -OCH3 is 1. The average Bonchev–Trinajstić information content (AvgIpc) is 3.29. The van der Waals surface area contributed by atoms with Gasteiger partial charge in [0.15, 0.2) is 5.69 Å². The molecule has 1 aromatic heterocycles. The van der Waals surface area contributed by atoms with Crippen molar-refractivity contribution in [3.05, 3.63) is 46.2 Å². The molecule has 1 amide bonds. The second kappa shape index (κ2) is 7.10. The smallest absolute Gasteiger partial charge is 0.357 e. The van der Waals surface area contributed by atoms with Crippen LogP contribution >= 0.6 is 11.6 Å². The number of hydrogen-bond donors (Lipinski definition) is 1. The molecule has 0 spiro atoms. The first-order chi connectivity index (χ1) is 12.5. The molecular weight excluding hydrogens is 356 g/mol. The first kappa shape index (κ1) is 17.8. The number of ether oxygens (including phenoxy) is 1. The van der Waals surface area contributed by atoms with Crippen LogP contribution in [0.25, 0.3) is 5.69 Å². The number of likely N-dealkylation sites (tertiary alicyclic amines) is 1. The highest BCUT2D eigenvalue weighted by Crippen LogP contribution is 2.30. The van der Waals surface area contributed by atoms with Crippen molar-refractivity contribution in [1.29, 1.82) is 5.26 Å². The van der Waals surface area contributed by atoms with Crippen LogP contribution in [0, 0.1) is 11.3 Å². The van der Waals surface area contributed by atoms with Crippen LogP contribution in [0.15, 0.2) is 24.4 Å². The fourth-order valence-electron chi connectivity index (χ4n) is 3.04. The quantitative estimate of drug-likeness (QED) is 0.834. The molecule has 1 aromatic carbocycles. The molecule has 1 saturated heterocycles. The zero-order valence-electron chi connectivity index (χ0n) is 14.2. The van der Waals surface area contributed by atoms with E-state index in [0.717, 1.165) is 25.9 Å². The monoisotopic (exact) mass is 372 g/mol. The third-order valence-electron chi connectivity index (χ3n) is 4.39. The second-order valence-corrected chi connectivity index (χ2v) is 6.35. The van der Waals surface area contributed by atoms with Crippen molar-refractivity contribution in [2.75, 3.05) is 25.9 Å². The third kappa shape index (κ3) is 3.00. The Bertz CT molecular complexity index is 923. The summed E-state index contributed by atoms with van der Waals surface area (Å²) in [4.78, 5) is 26.6. The van der Waals surface area contributed by atoms with Gasteiger partial charge in [-0.1, -0.05) is 11.6 Å². The molecule has 3 rings (SSSR count). The van der Waals surface area contributed by atoms with Gasteiger partial charge in [-0.25, -0.2) is 4.79 Å². The van der Waals surface area contributed by atoms with Crippen molar-refractivity contribution in [3.8, 4) is 11.8 Å². The van der Waals surface area contributed by atoms with Crippen molar-refractivity contribution in [2.45, 2.75) is 12.8 Å². The van der Waals surface area contributed by atoms with E-state index in [2.05, 4.69) is 0 Å². The van der Waals surface area contributed by atoms with E-state index in [1.807, 2.05) is 6.07 Å². The Morgan fingerprint density at radius 1 is 1.31 bits per heavy atom. The minimum Gasteiger partial charge on any atom is -0.464 e. The van der Waals surface area contributed by atoms with E-state index in [1.165, 1.54) is 17.9 Å². The number of hydrogen-bond acceptors (Lipinski definition) is 5. The maximum Gasteiger partial charge on any atom is 0.357 e. The lowest BCUT2D eigenvalue weighted by atomic mass is 10.1. The summed E-state index contributed by atoms with van der Waals surface area (Å²) in [6.45, 7) is 1.44. The molecule has 0 atom stereocenters. The molecule has 8 heteroatoms. The number of amides is 1. The Labute approximate surface area is 155 Å². The summed E-state index contributed by atoms with van der Waals surface area (Å²) in [5.74, 6) is -0.794. The number of halogens is 1. The number of rotatable bonds is 3. The summed E-state index contributed by atoms with van der Waals surface area (Å²) >= 11 is 6.30. The van der Waals surface area contributed by atoms with E-state index in [9.17, 15) is 14.9 Å². The lowest BCUT2D eigenvalue weighted by Crippen LogP contribution is -2.27. The molecule has 0 unspecified atom stereocenters. The van der Waals surface area contributed by atoms with Crippen LogP contribution in [-0.4, -0.2) is 41.5 Å². The molecule has 0 radical (unpaired) electrons. The van der Waals surface area contributed by atoms with Gasteiger partial charge in [0.2, 0.25) is 0 Å². The molecule has 0 aliphatic carbocycles. The lowest BCUT2D eigenvalue weighted by molar-refractivity contribution is 0.0592. The third-order valence-corrected chi connectivity index (χ3v) is 4.71. The zero-order chi connectivity index (χ0) is 18.8. The molecule has 7 nitrogen and oxygen atoms in total. The number of nitrogens with two attached hydrogens (primary N) is 1. The predicted octanol–water partition coefficient (Wildman–Crippen LogP) is 2.61. The minimum atomic E-state index is -0.698. The molecule has 1 aliphatic rings. The van der Waals surface area contributed by atoms with E-state index in [-0.39, 0.29) is 22.9 Å². The standard InChI is InChI=1S/C18H17ClN4O3/c1-26-18(25)16-15(21)12(9-20)10-23(16)14-8-11(4-5-13(14)19)17(24)22-6-2-3-7-22/h4-5,8,10H,2-3,6-7,21H2,1H3. The summed E-state index contributed by atoms with van der Waals surface area (Å²) in [6, 6.07) is 6.76. The van der Waals surface area contributed by atoms with Gasteiger partial charge >= 0.3 is 5.97 Å². The summed E-state index contributed by atoms with van der Waals surface area (Å²) in [5, 5.41) is 9.54. The van der Waals surface area contributed by atoms with Gasteiger partial charge in [0.1, 0.15) is 6.07 Å². The van der Waals surface area contributed by atoms with Crippen LogP contribution in [0.2, 0.25) is 5.02 Å². The average molecular weight is 373 g/mol. The van der Waals surface area contributed by atoms with Gasteiger partial charge in [-0.15, -0.1) is 0 Å². The molecular formula is C18H17ClN4O3. The number of anilines is 1. The van der Waals surface area contributed by atoms with Crippen LogP contribution in [0.4, 0.5) is 5.69 Å². The van der Waals surface area contributed by atoms with Gasteiger partial charge in [-0.05, 0) is 31.0 Å². The van der Waals surface area contributed by atoms with Crippen molar-refractivity contribution in [3.63, 3.8) is 0 Å². The fraction of sp³-hybridized carbons (Fsp3) is 0.278. The molecule has 1 fully saturated rings. The molecule has 2 N–H and O–H groups in total. The number of nitrogen functional groups attached to an aromatic ring is 1. The lowest BCUT2D eigenvalue weighted by Gasteiger charge is -2.17. The van der Waals surface area contributed by atoms with E-state index in [1.54, 1.807) is 23.1 Å². The van der Waals surface area contributed by atoms with Crippen molar-refractivity contribution in [1.82, 2.24) is 9.47 Å². The van der Waals surface area contributed by atoms with Crippen molar-refractivity contribution in [2.24, 2.45) is 0 Å². The van der Waals surface area contributed by atoms with Crippen LogP contribution in [0.3, 0.4) is 0 Å². The maximum absolute atomic E-state index is 12.6. The van der Waals surface area contributed by atoms with E-state index >= 15 is 0 Å². The number of esters is 1. The highest BCUT2D eigenvalue weighted by atomic mass is 35.5. The summed E-state index contributed by atoms with van der Waals surface area (Å²) in [7, 11) is 1.22. The Balaban J connectivity index is 2.12. The van der Waals surface area contributed by atoms with Gasteiger partial charge in [0, 0.05) is 24.8 Å². The SMILES string of the molecule is COC(=O)c1c(N)c(C#N)cn1-c1cc(C(=O)N2CCCC2)ccc1Cl. The molecule has 2 heterocycles. The van der Waals surface area contributed by atoms with Crippen molar-refractivity contribution < 1.29 is 14.3 Å². The first-order valence-corrected chi connectivity index (χ1v) is 8.44. The number of aromatic nitrogens is 1. The van der Waals surface area contributed by atoms with Crippen LogP contribution in [-0.2, 0) is 4.74 Å². The first-order valence-electron chi connectivity index (χ1n) is 8.06. The van der Waals surface area contributed by atoms with Gasteiger partial charge in [-0.3, -0.25) is 4.79 Å². The summed E-state index contributed by atoms with van der Waals surface area (Å²) in [5.41, 5.74) is 6.87. The van der Waals surface area contributed by atoms with Crippen molar-refractivity contribution >= 4 is 29.2 Å². The zero-order valence-corrected chi connectivity index (χ0v) is 14.9. The largest absolute Gasteiger partial charge is 0.464 e. The van der Waals surface area contributed by atoms with Crippen LogP contribution in [0.1, 0.15) is 39.3 Å². The highest BCUT2D eigenvalue weighted by molar-refractivity contribution is 6.32. The fourth-order valence-corrected chi connectivity index (χ4v) is 3.25. The molecule has 0 bridgehead atoms. The number of carbonyl (C=O) groups excluding carboxylic acids is 2. The normalized spacial score (nSPS) is 13.5. The molecule has 134 valence electrons. The molecule has 1 aliphatic heterocycles. The summed E-state index contributed by atoms with van der Waals surface area (Å²) in [6.07, 6.45) is 3.38. The van der Waals surface area contributed by atoms with Gasteiger partial charge in [0.25, 0.3) is 5.91 Å². The van der Waals surface area contributed by atoms with Crippen LogP contribution < -0.4 is 5.73 Å². The van der Waals surface area contributed by atoms with Crippen LogP contribution in [0.5, 0.6) is 0 Å². The Hall–Kier alpha value is -2.98. The van der Waals surface area contributed by atoms with Gasteiger partial charge in [-0.2, -0.15) is 5.26 Å². The topological polar surface area (TPSA) is 101 Å². The predicted molar refractivity (Wildman–Crippen MR) is 96.4 cm³/mol. The minimum absolute atomic E-state index is 0.00304. The Morgan fingerprint density at radius 3 is 2.62 bits per heavy atom. The Kier molecular flexibility index (Phi) is 4.87. The van der Waals surface area contributed by atoms with Gasteiger partial charge in [0.05, 0.1) is 29.1 Å². The van der Waals surface area contributed by atoms with E-state index < -0.39 is 5.97 Å². The maximum atomic E-state index is 12.6. The number of benzene rings is 1. The Morgan fingerprint density at radius 2 is 2.00 bits per heavy atom. The van der Waals surface area contributed by atoms with Gasteiger partial charge < -0.3 is 19.9 Å². The number of nitriles is 1. The number of nitrogens with zero attached hydrogens (tertiary/aromatic N) is 3. The number of carbonyl (C=O) groups is 2. The highest BCUT2D eigenvalue weighted by Gasteiger charge is 2.25.